The summed E-state index contributed by atoms with van der Waals surface area (Å²) >= 11 is 0. The molecule has 11 aromatic rings. The molecule has 268 valence electrons. The molecule has 0 aliphatic carbocycles. The summed E-state index contributed by atoms with van der Waals surface area (Å²) in [6.45, 7) is 0. The van der Waals surface area contributed by atoms with E-state index in [4.69, 9.17) is 18.8 Å². The Morgan fingerprint density at radius 1 is 0.474 bits per heavy atom. The number of furan rings is 2. The van der Waals surface area contributed by atoms with Crippen molar-refractivity contribution < 1.29 is 8.83 Å². The number of para-hydroxylation sites is 3. The van der Waals surface area contributed by atoms with E-state index in [1.165, 1.54) is 10.8 Å². The molecule has 0 saturated heterocycles. The van der Waals surface area contributed by atoms with Gasteiger partial charge in [0, 0.05) is 43.4 Å². The molecule has 0 spiro atoms. The lowest BCUT2D eigenvalue weighted by Crippen LogP contribution is -2.33. The van der Waals surface area contributed by atoms with Gasteiger partial charge in [-0.05, 0) is 65.2 Å². The van der Waals surface area contributed by atoms with Crippen LogP contribution in [0.25, 0.3) is 82.5 Å². The van der Waals surface area contributed by atoms with Gasteiger partial charge in [0.15, 0.2) is 11.4 Å². The molecule has 0 fully saturated rings. The lowest BCUT2D eigenvalue weighted by atomic mass is 9.97. The number of aromatic nitrogens is 1. The second-order valence-corrected chi connectivity index (χ2v) is 14.6. The van der Waals surface area contributed by atoms with Crippen LogP contribution in [0, 0.1) is 0 Å². The molecular formula is C51H32N4O2. The van der Waals surface area contributed by atoms with E-state index in [9.17, 15) is 0 Å². The van der Waals surface area contributed by atoms with Crippen molar-refractivity contribution in [1.82, 2.24) is 9.88 Å². The number of benzene rings is 8. The maximum absolute atomic E-state index is 6.72. The quantitative estimate of drug-likeness (QED) is 0.192. The van der Waals surface area contributed by atoms with Gasteiger partial charge in [-0.25, -0.2) is 9.98 Å². The average Bonchev–Trinajstić information content (AvgIpc) is 3.96. The van der Waals surface area contributed by atoms with Gasteiger partial charge in [0.05, 0.1) is 16.7 Å². The summed E-state index contributed by atoms with van der Waals surface area (Å²) in [6, 6.07) is 63.2. The van der Waals surface area contributed by atoms with Gasteiger partial charge in [-0.1, -0.05) is 133 Å². The van der Waals surface area contributed by atoms with Gasteiger partial charge in [-0.15, -0.1) is 0 Å². The van der Waals surface area contributed by atoms with Crippen LogP contribution in [0.15, 0.2) is 201 Å². The fraction of sp³-hybridized carbons (Fsp3) is 0.0196. The molecule has 57 heavy (non-hydrogen) atoms. The first-order valence-electron chi connectivity index (χ1n) is 19.2. The lowest BCUT2D eigenvalue weighted by molar-refractivity contribution is 0.666. The van der Waals surface area contributed by atoms with Gasteiger partial charge in [0.2, 0.25) is 0 Å². The summed E-state index contributed by atoms with van der Waals surface area (Å²) in [6.07, 6.45) is -0.279. The van der Waals surface area contributed by atoms with Crippen LogP contribution < -0.4 is 5.32 Å². The number of hydrogen-bond donors (Lipinski definition) is 1. The van der Waals surface area contributed by atoms with E-state index in [-0.39, 0.29) is 6.17 Å². The Bertz CT molecular complexity index is 3390. The molecular weight excluding hydrogens is 701 g/mol. The van der Waals surface area contributed by atoms with Crippen LogP contribution in [0.1, 0.15) is 22.9 Å². The molecule has 6 heteroatoms. The molecule has 1 N–H and O–H groups in total. The Balaban J connectivity index is 0.980. The summed E-state index contributed by atoms with van der Waals surface area (Å²) in [5, 5.41) is 10.2. The Morgan fingerprint density at radius 3 is 1.98 bits per heavy atom. The molecule has 0 radical (unpaired) electrons. The van der Waals surface area contributed by atoms with Crippen molar-refractivity contribution in [3.8, 4) is 16.8 Å². The van der Waals surface area contributed by atoms with Crippen molar-refractivity contribution >= 4 is 77.4 Å². The summed E-state index contributed by atoms with van der Waals surface area (Å²) in [5.41, 5.74) is 11.8. The maximum atomic E-state index is 6.72. The molecule has 1 unspecified atom stereocenters. The van der Waals surface area contributed by atoms with Gasteiger partial charge in [-0.2, -0.15) is 0 Å². The highest BCUT2D eigenvalue weighted by Gasteiger charge is 2.23. The zero-order chi connectivity index (χ0) is 37.5. The summed E-state index contributed by atoms with van der Waals surface area (Å²) < 4.78 is 15.6. The third kappa shape index (κ3) is 4.97. The molecule has 3 aromatic heterocycles. The van der Waals surface area contributed by atoms with Crippen LogP contribution in [0.3, 0.4) is 0 Å². The molecule has 1 atom stereocenters. The zero-order valence-corrected chi connectivity index (χ0v) is 30.6. The molecule has 0 amide bonds. The number of fused-ring (bicyclic) bond motifs is 9. The van der Waals surface area contributed by atoms with Crippen LogP contribution >= 0.6 is 0 Å². The van der Waals surface area contributed by atoms with Gasteiger partial charge in [-0.3, -0.25) is 0 Å². The van der Waals surface area contributed by atoms with E-state index >= 15 is 0 Å². The van der Waals surface area contributed by atoms with Crippen LogP contribution in [-0.2, 0) is 0 Å². The minimum Gasteiger partial charge on any atom is -0.456 e. The Hall–Kier alpha value is -7.70. The van der Waals surface area contributed by atoms with E-state index in [0.29, 0.717) is 5.84 Å². The highest BCUT2D eigenvalue weighted by atomic mass is 16.3. The zero-order valence-electron chi connectivity index (χ0n) is 30.6. The average molecular weight is 733 g/mol. The lowest BCUT2D eigenvalue weighted by Gasteiger charge is -2.23. The van der Waals surface area contributed by atoms with Crippen molar-refractivity contribution in [1.29, 1.82) is 0 Å². The normalized spacial score (nSPS) is 14.5. The highest BCUT2D eigenvalue weighted by Crippen LogP contribution is 2.42. The first kappa shape index (κ1) is 31.6. The Morgan fingerprint density at radius 2 is 1.18 bits per heavy atom. The van der Waals surface area contributed by atoms with Crippen LogP contribution in [0.2, 0.25) is 0 Å². The van der Waals surface area contributed by atoms with Crippen LogP contribution in [0.4, 0.5) is 0 Å². The van der Waals surface area contributed by atoms with Crippen molar-refractivity contribution in [2.75, 3.05) is 0 Å². The Kier molecular flexibility index (Phi) is 6.89. The minimum atomic E-state index is -0.279. The van der Waals surface area contributed by atoms with Gasteiger partial charge in [0.25, 0.3) is 0 Å². The van der Waals surface area contributed by atoms with Gasteiger partial charge >= 0.3 is 0 Å². The number of rotatable bonds is 5. The Labute approximate surface area is 326 Å². The number of nitrogens with one attached hydrogen (secondary N) is 1. The fourth-order valence-electron chi connectivity index (χ4n) is 8.64. The monoisotopic (exact) mass is 732 g/mol. The van der Waals surface area contributed by atoms with Crippen LogP contribution in [-0.4, -0.2) is 16.2 Å². The largest absolute Gasteiger partial charge is 0.456 e. The van der Waals surface area contributed by atoms with E-state index < -0.39 is 0 Å². The number of hydrogen-bond acceptors (Lipinski definition) is 5. The van der Waals surface area contributed by atoms with E-state index in [1.54, 1.807) is 0 Å². The number of amidine groups is 2. The predicted molar refractivity (Wildman–Crippen MR) is 233 cm³/mol. The molecule has 6 nitrogen and oxygen atoms in total. The second-order valence-electron chi connectivity index (χ2n) is 14.6. The highest BCUT2D eigenvalue weighted by molar-refractivity contribution is 6.18. The topological polar surface area (TPSA) is 68.0 Å². The first-order chi connectivity index (χ1) is 28.2. The number of nitrogens with zero attached hydrogens (tertiary/aromatic N) is 3. The third-order valence-electron chi connectivity index (χ3n) is 11.3. The molecule has 12 rings (SSSR count). The summed E-state index contributed by atoms with van der Waals surface area (Å²) in [4.78, 5) is 10.1. The van der Waals surface area contributed by atoms with Crippen LogP contribution in [0.5, 0.6) is 0 Å². The minimum absolute atomic E-state index is 0.279. The summed E-state index contributed by atoms with van der Waals surface area (Å²) in [7, 11) is 0. The smallest absolute Gasteiger partial charge is 0.159 e. The van der Waals surface area contributed by atoms with Gasteiger partial charge in [0.1, 0.15) is 28.8 Å². The van der Waals surface area contributed by atoms with E-state index in [2.05, 4.69) is 149 Å². The maximum Gasteiger partial charge on any atom is 0.159 e. The molecule has 4 heterocycles. The third-order valence-corrected chi connectivity index (χ3v) is 11.3. The second kappa shape index (κ2) is 12.4. The van der Waals surface area contributed by atoms with E-state index in [1.807, 2.05) is 42.5 Å². The molecule has 1 aliphatic rings. The SMILES string of the molecule is c1ccc(C2=NC(c3ccc4c(c3)oc3cccc(-c5ccc6oc7c(-n8c9ccccc9c9ccccc98)cccc7c6c5)c34)=NC(c3ccccc3)N2)cc1. The number of aliphatic imine (C=N–C) groups is 2. The first-order valence-corrected chi connectivity index (χ1v) is 19.2. The standard InChI is InChI=1S/C51H32N4O2/c1-3-13-31(14-4-1)49-52-50(32-15-5-2-6-16-32)54-51(53-49)34-25-27-39-46(30-34)56-45-24-12-19-35(47(39)45)33-26-28-44-40(29-33)38-20-11-23-43(48(38)57-44)55-41-21-9-7-17-36(41)37-18-8-10-22-42(37)55/h1-30,49H,(H,52,53,54). The summed E-state index contributed by atoms with van der Waals surface area (Å²) in [5.74, 6) is 1.44. The fourth-order valence-corrected chi connectivity index (χ4v) is 8.64. The van der Waals surface area contributed by atoms with Crippen molar-refractivity contribution in [2.24, 2.45) is 9.98 Å². The molecule has 1 aliphatic heterocycles. The molecule has 0 saturated carbocycles. The molecule has 8 aromatic carbocycles. The van der Waals surface area contributed by atoms with Crippen molar-refractivity contribution in [2.45, 2.75) is 6.17 Å². The predicted octanol–water partition coefficient (Wildman–Crippen LogP) is 12.7. The molecule has 0 bridgehead atoms. The van der Waals surface area contributed by atoms with Crippen molar-refractivity contribution in [3.63, 3.8) is 0 Å². The van der Waals surface area contributed by atoms with Crippen molar-refractivity contribution in [3.05, 3.63) is 199 Å². The van der Waals surface area contributed by atoms with E-state index in [0.717, 1.165) is 94.3 Å². The van der Waals surface area contributed by atoms with Gasteiger partial charge < -0.3 is 18.7 Å².